The molecule has 0 aliphatic carbocycles. The first-order chi connectivity index (χ1) is 8.15. The van der Waals surface area contributed by atoms with Gasteiger partial charge >= 0.3 is 11.9 Å². The molecule has 0 fully saturated rings. The molecule has 17 heavy (non-hydrogen) atoms. The van der Waals surface area contributed by atoms with Crippen molar-refractivity contribution in [1.29, 1.82) is 0 Å². The second-order valence-electron chi connectivity index (χ2n) is 3.36. The topological polar surface area (TPSA) is 72.8 Å². The minimum Gasteiger partial charge on any atom is -0.479 e. The third-order valence-electron chi connectivity index (χ3n) is 2.15. The van der Waals surface area contributed by atoms with E-state index < -0.39 is 18.0 Å². The third kappa shape index (κ3) is 4.24. The fraction of sp³-hybridized carbons (Fsp3) is 0.333. The Morgan fingerprint density at radius 2 is 1.94 bits per heavy atom. The van der Waals surface area contributed by atoms with Gasteiger partial charge in [-0.2, -0.15) is 0 Å². The van der Waals surface area contributed by atoms with Crippen molar-refractivity contribution in [2.45, 2.75) is 12.5 Å². The third-order valence-corrected chi connectivity index (χ3v) is 2.15. The summed E-state index contributed by atoms with van der Waals surface area (Å²) in [5, 5.41) is 8.63. The number of methoxy groups -OCH3 is 1. The van der Waals surface area contributed by atoms with Crippen molar-refractivity contribution in [1.82, 2.24) is 0 Å². The predicted molar refractivity (Wildman–Crippen MR) is 59.5 cm³/mol. The highest BCUT2D eigenvalue weighted by Crippen LogP contribution is 2.01. The Kier molecular flexibility index (Phi) is 5.16. The zero-order valence-corrected chi connectivity index (χ0v) is 9.46. The summed E-state index contributed by atoms with van der Waals surface area (Å²) >= 11 is 0. The zero-order valence-electron chi connectivity index (χ0n) is 9.46. The van der Waals surface area contributed by atoms with Crippen molar-refractivity contribution in [2.24, 2.45) is 0 Å². The monoisotopic (exact) mass is 238 g/mol. The standard InChI is InChI=1S/C12H14O5/c1-16-10(11(13)14)12(15)17-8-7-9-5-3-2-4-6-9/h2-6,10H,7-8H2,1H3,(H,13,14). The van der Waals surface area contributed by atoms with E-state index in [4.69, 9.17) is 9.84 Å². The molecule has 0 bridgehead atoms. The van der Waals surface area contributed by atoms with Crippen molar-refractivity contribution in [3.63, 3.8) is 0 Å². The Labute approximate surface area is 99.0 Å². The van der Waals surface area contributed by atoms with Gasteiger partial charge in [-0.05, 0) is 5.56 Å². The van der Waals surface area contributed by atoms with Crippen LogP contribution in [-0.4, -0.2) is 36.9 Å². The summed E-state index contributed by atoms with van der Waals surface area (Å²) in [6.07, 6.45) is -1.01. The Morgan fingerprint density at radius 3 is 2.47 bits per heavy atom. The van der Waals surface area contributed by atoms with Crippen LogP contribution in [0.4, 0.5) is 0 Å². The molecular formula is C12H14O5. The molecular weight excluding hydrogens is 224 g/mol. The lowest BCUT2D eigenvalue weighted by Gasteiger charge is -2.10. The van der Waals surface area contributed by atoms with E-state index in [2.05, 4.69) is 4.74 Å². The number of carboxylic acids is 1. The van der Waals surface area contributed by atoms with E-state index in [1.165, 1.54) is 0 Å². The molecule has 0 saturated carbocycles. The van der Waals surface area contributed by atoms with Crippen LogP contribution >= 0.6 is 0 Å². The molecule has 0 amide bonds. The number of esters is 1. The van der Waals surface area contributed by atoms with Crippen LogP contribution in [0.25, 0.3) is 0 Å². The van der Waals surface area contributed by atoms with Gasteiger partial charge in [0, 0.05) is 13.5 Å². The Morgan fingerprint density at radius 1 is 1.29 bits per heavy atom. The van der Waals surface area contributed by atoms with Gasteiger partial charge in [0.2, 0.25) is 0 Å². The second-order valence-corrected chi connectivity index (χ2v) is 3.36. The summed E-state index contributed by atoms with van der Waals surface area (Å²) in [4.78, 5) is 21.9. The summed E-state index contributed by atoms with van der Waals surface area (Å²) in [5.41, 5.74) is 1.02. The molecule has 0 aliphatic rings. The fourth-order valence-corrected chi connectivity index (χ4v) is 1.29. The molecule has 0 aliphatic heterocycles. The van der Waals surface area contributed by atoms with Crippen molar-refractivity contribution in [3.05, 3.63) is 35.9 Å². The van der Waals surface area contributed by atoms with Crippen LogP contribution in [0, 0.1) is 0 Å². The maximum atomic E-state index is 11.3. The van der Waals surface area contributed by atoms with Crippen LogP contribution in [0.1, 0.15) is 5.56 Å². The normalized spacial score (nSPS) is 11.8. The van der Waals surface area contributed by atoms with Crippen LogP contribution in [0.3, 0.4) is 0 Å². The Bertz CT molecular complexity index is 374. The van der Waals surface area contributed by atoms with Crippen LogP contribution in [0.5, 0.6) is 0 Å². The van der Waals surface area contributed by atoms with E-state index in [1.807, 2.05) is 30.3 Å². The van der Waals surface area contributed by atoms with Gasteiger partial charge in [0.05, 0.1) is 6.61 Å². The highest BCUT2D eigenvalue weighted by Gasteiger charge is 2.27. The summed E-state index contributed by atoms with van der Waals surface area (Å²) in [5.74, 6) is -2.23. The molecule has 1 atom stereocenters. The average molecular weight is 238 g/mol. The Hall–Kier alpha value is -1.88. The number of carbonyl (C=O) groups excluding carboxylic acids is 1. The first-order valence-corrected chi connectivity index (χ1v) is 5.11. The van der Waals surface area contributed by atoms with Gasteiger partial charge in [-0.1, -0.05) is 30.3 Å². The van der Waals surface area contributed by atoms with Gasteiger partial charge < -0.3 is 14.6 Å². The number of carboxylic acid groups (broad SMARTS) is 1. The molecule has 5 heteroatoms. The quantitative estimate of drug-likeness (QED) is 0.588. The number of rotatable bonds is 6. The molecule has 1 rings (SSSR count). The molecule has 5 nitrogen and oxygen atoms in total. The largest absolute Gasteiger partial charge is 0.479 e. The lowest BCUT2D eigenvalue weighted by molar-refractivity contribution is -0.167. The van der Waals surface area contributed by atoms with E-state index in [-0.39, 0.29) is 6.61 Å². The van der Waals surface area contributed by atoms with Gasteiger partial charge in [-0.3, -0.25) is 0 Å². The summed E-state index contributed by atoms with van der Waals surface area (Å²) in [6, 6.07) is 9.46. The number of hydrogen-bond donors (Lipinski definition) is 1. The first kappa shape index (κ1) is 13.2. The molecule has 0 saturated heterocycles. The first-order valence-electron chi connectivity index (χ1n) is 5.11. The van der Waals surface area contributed by atoms with E-state index >= 15 is 0 Å². The number of ether oxygens (including phenoxy) is 2. The minimum atomic E-state index is -1.55. The van der Waals surface area contributed by atoms with Crippen molar-refractivity contribution < 1.29 is 24.2 Å². The maximum Gasteiger partial charge on any atom is 0.347 e. The SMILES string of the molecule is COC(C(=O)O)C(=O)OCCc1ccccc1. The molecule has 92 valence electrons. The van der Waals surface area contributed by atoms with Crippen LogP contribution < -0.4 is 0 Å². The van der Waals surface area contributed by atoms with Crippen molar-refractivity contribution >= 4 is 11.9 Å². The van der Waals surface area contributed by atoms with Gasteiger partial charge in [0.25, 0.3) is 6.10 Å². The number of carbonyl (C=O) groups is 2. The van der Waals surface area contributed by atoms with Gasteiger partial charge in [-0.25, -0.2) is 9.59 Å². The average Bonchev–Trinajstić information content (AvgIpc) is 2.30. The smallest absolute Gasteiger partial charge is 0.347 e. The molecule has 0 radical (unpaired) electrons. The maximum absolute atomic E-state index is 11.3. The molecule has 0 aromatic heterocycles. The molecule has 1 aromatic rings. The molecule has 1 aromatic carbocycles. The van der Waals surface area contributed by atoms with Gasteiger partial charge in [0.1, 0.15) is 0 Å². The summed E-state index contributed by atoms with van der Waals surface area (Å²) in [7, 11) is 1.15. The predicted octanol–water partition coefficient (Wildman–Crippen LogP) is 0.872. The molecule has 1 unspecified atom stereocenters. The molecule has 0 heterocycles. The van der Waals surface area contributed by atoms with E-state index in [9.17, 15) is 9.59 Å². The number of hydrogen-bond acceptors (Lipinski definition) is 4. The number of aliphatic carboxylic acids is 1. The number of benzene rings is 1. The minimum absolute atomic E-state index is 0.135. The summed E-state index contributed by atoms with van der Waals surface area (Å²) in [6.45, 7) is 0.135. The van der Waals surface area contributed by atoms with Crippen LogP contribution in [0.15, 0.2) is 30.3 Å². The van der Waals surface area contributed by atoms with Gasteiger partial charge in [-0.15, -0.1) is 0 Å². The highest BCUT2D eigenvalue weighted by atomic mass is 16.6. The summed E-state index contributed by atoms with van der Waals surface area (Å²) < 4.78 is 9.32. The van der Waals surface area contributed by atoms with Crippen LogP contribution in [-0.2, 0) is 25.5 Å². The van der Waals surface area contributed by atoms with E-state index in [0.717, 1.165) is 12.7 Å². The lowest BCUT2D eigenvalue weighted by Crippen LogP contribution is -2.33. The van der Waals surface area contributed by atoms with Crippen LogP contribution in [0.2, 0.25) is 0 Å². The fourth-order valence-electron chi connectivity index (χ4n) is 1.29. The second kappa shape index (κ2) is 6.65. The highest BCUT2D eigenvalue weighted by molar-refractivity contribution is 5.97. The van der Waals surface area contributed by atoms with E-state index in [1.54, 1.807) is 0 Å². The molecule has 0 spiro atoms. The zero-order chi connectivity index (χ0) is 12.7. The lowest BCUT2D eigenvalue weighted by atomic mass is 10.2. The van der Waals surface area contributed by atoms with E-state index in [0.29, 0.717) is 6.42 Å². The Balaban J connectivity index is 2.36. The molecule has 1 N–H and O–H groups in total. The van der Waals surface area contributed by atoms with Gasteiger partial charge in [0.15, 0.2) is 0 Å². The van der Waals surface area contributed by atoms with Crippen molar-refractivity contribution in [3.8, 4) is 0 Å². The van der Waals surface area contributed by atoms with Crippen molar-refractivity contribution in [2.75, 3.05) is 13.7 Å².